The van der Waals surface area contributed by atoms with Crippen molar-refractivity contribution in [3.8, 4) is 0 Å². The monoisotopic (exact) mass is 283 g/mol. The summed E-state index contributed by atoms with van der Waals surface area (Å²) in [5.74, 6) is -0.0842. The van der Waals surface area contributed by atoms with E-state index in [-0.39, 0.29) is 17.8 Å². The maximum Gasteiger partial charge on any atom is 0.331 e. The Morgan fingerprint density at radius 2 is 2.10 bits per heavy atom. The molecule has 1 aliphatic carbocycles. The van der Waals surface area contributed by atoms with Gasteiger partial charge in [0.25, 0.3) is 0 Å². The first-order valence-corrected chi connectivity index (χ1v) is 7.39. The van der Waals surface area contributed by atoms with E-state index in [4.69, 9.17) is 9.57 Å². The number of hydrogen-bond donors (Lipinski definition) is 0. The van der Waals surface area contributed by atoms with Crippen LogP contribution in [-0.4, -0.2) is 24.8 Å². The van der Waals surface area contributed by atoms with E-state index in [2.05, 4.69) is 12.1 Å². The lowest BCUT2D eigenvalue weighted by molar-refractivity contribution is -0.142. The lowest BCUT2D eigenvalue weighted by Gasteiger charge is -2.18. The van der Waals surface area contributed by atoms with Crippen molar-refractivity contribution in [1.82, 2.24) is 0 Å². The molecule has 1 rings (SSSR count). The molecule has 0 aromatic rings. The minimum atomic E-state index is -0.402. The zero-order chi connectivity index (χ0) is 15.0. The van der Waals surface area contributed by atoms with Gasteiger partial charge in [-0.15, -0.1) is 0 Å². The summed E-state index contributed by atoms with van der Waals surface area (Å²) < 4.78 is 4.76. The van der Waals surface area contributed by atoms with Crippen LogP contribution in [0, 0.1) is 11.8 Å². The molecule has 0 bridgehead atoms. The minimum Gasteiger partial charge on any atom is -0.469 e. The maximum atomic E-state index is 11.5. The molecule has 2 atom stereocenters. The molecule has 0 amide bonds. The van der Waals surface area contributed by atoms with Crippen molar-refractivity contribution in [3.05, 3.63) is 0 Å². The molecule has 20 heavy (non-hydrogen) atoms. The number of unbranched alkanes of at least 4 members (excludes halogenated alkanes) is 2. The molecular formula is C15H25NO4. The molecule has 0 spiro atoms. The number of oxime groups is 1. The van der Waals surface area contributed by atoms with Crippen molar-refractivity contribution in [2.45, 2.75) is 58.8 Å². The van der Waals surface area contributed by atoms with Crippen LogP contribution in [0.3, 0.4) is 0 Å². The smallest absolute Gasteiger partial charge is 0.331 e. The van der Waals surface area contributed by atoms with E-state index in [1.54, 1.807) is 0 Å². The van der Waals surface area contributed by atoms with Crippen molar-refractivity contribution < 1.29 is 19.2 Å². The minimum absolute atomic E-state index is 0.177. The Morgan fingerprint density at radius 1 is 1.35 bits per heavy atom. The van der Waals surface area contributed by atoms with Crippen LogP contribution in [0.4, 0.5) is 0 Å². The van der Waals surface area contributed by atoms with Crippen LogP contribution in [0.25, 0.3) is 0 Å². The Balaban J connectivity index is 2.67. The summed E-state index contributed by atoms with van der Waals surface area (Å²) in [7, 11) is 1.41. The summed E-state index contributed by atoms with van der Waals surface area (Å²) in [6.45, 7) is 3.51. The van der Waals surface area contributed by atoms with Crippen LogP contribution in [0.15, 0.2) is 5.16 Å². The van der Waals surface area contributed by atoms with Gasteiger partial charge >= 0.3 is 11.9 Å². The average molecular weight is 283 g/mol. The van der Waals surface area contributed by atoms with E-state index in [0.717, 1.165) is 37.8 Å². The third-order valence-corrected chi connectivity index (χ3v) is 3.83. The van der Waals surface area contributed by atoms with Crippen LogP contribution in [-0.2, 0) is 19.2 Å². The molecule has 0 radical (unpaired) electrons. The third kappa shape index (κ3) is 5.31. The number of methoxy groups -OCH3 is 1. The highest BCUT2D eigenvalue weighted by Crippen LogP contribution is 2.36. The van der Waals surface area contributed by atoms with Gasteiger partial charge in [0.15, 0.2) is 0 Å². The number of carbonyl (C=O) groups excluding carboxylic acids is 2. The van der Waals surface area contributed by atoms with Gasteiger partial charge in [-0.1, -0.05) is 31.3 Å². The SMILES string of the molecule is CCCCC[C@@H]1/C(=N/OC(C)=O)CC[C@H]1CC(=O)OC. The van der Waals surface area contributed by atoms with Crippen LogP contribution in [0.5, 0.6) is 0 Å². The van der Waals surface area contributed by atoms with Gasteiger partial charge in [-0.05, 0) is 25.2 Å². The topological polar surface area (TPSA) is 65.0 Å². The standard InChI is InChI=1S/C15H25NO4/c1-4-5-6-7-13-12(10-15(18)19-3)8-9-14(13)16-20-11(2)17/h12-13H,4-10H2,1-3H3/b16-14+/t12-,13-/m0/s1. The van der Waals surface area contributed by atoms with Gasteiger partial charge in [0, 0.05) is 19.3 Å². The predicted molar refractivity (Wildman–Crippen MR) is 76.2 cm³/mol. The van der Waals surface area contributed by atoms with Gasteiger partial charge in [0.2, 0.25) is 0 Å². The highest BCUT2D eigenvalue weighted by molar-refractivity contribution is 5.89. The predicted octanol–water partition coefficient (Wildman–Crippen LogP) is 3.08. The van der Waals surface area contributed by atoms with E-state index in [1.807, 2.05) is 0 Å². The number of carbonyl (C=O) groups is 2. The number of hydrogen-bond acceptors (Lipinski definition) is 5. The van der Waals surface area contributed by atoms with Gasteiger partial charge < -0.3 is 9.57 Å². The van der Waals surface area contributed by atoms with E-state index >= 15 is 0 Å². The molecule has 5 heteroatoms. The van der Waals surface area contributed by atoms with Crippen LogP contribution < -0.4 is 0 Å². The van der Waals surface area contributed by atoms with Crippen LogP contribution >= 0.6 is 0 Å². The normalized spacial score (nSPS) is 23.9. The molecule has 0 N–H and O–H groups in total. The lowest BCUT2D eigenvalue weighted by atomic mass is 9.87. The molecular weight excluding hydrogens is 258 g/mol. The van der Waals surface area contributed by atoms with Gasteiger partial charge in [-0.25, -0.2) is 4.79 Å². The zero-order valence-corrected chi connectivity index (χ0v) is 12.7. The fraction of sp³-hybridized carbons (Fsp3) is 0.800. The number of rotatable bonds is 7. The molecule has 114 valence electrons. The molecule has 1 aliphatic rings. The molecule has 1 fully saturated rings. The van der Waals surface area contributed by atoms with E-state index in [9.17, 15) is 9.59 Å². The zero-order valence-electron chi connectivity index (χ0n) is 12.7. The van der Waals surface area contributed by atoms with Crippen molar-refractivity contribution >= 4 is 17.7 Å². The first-order chi connectivity index (χ1) is 9.58. The van der Waals surface area contributed by atoms with Crippen LogP contribution in [0.1, 0.15) is 58.8 Å². The molecule has 1 saturated carbocycles. The maximum absolute atomic E-state index is 11.5. The lowest BCUT2D eigenvalue weighted by Crippen LogP contribution is -2.19. The largest absolute Gasteiger partial charge is 0.469 e. The number of nitrogens with zero attached hydrogens (tertiary/aromatic N) is 1. The molecule has 0 aromatic heterocycles. The van der Waals surface area contributed by atoms with Crippen molar-refractivity contribution in [2.24, 2.45) is 17.0 Å². The number of ether oxygens (including phenoxy) is 1. The Hall–Kier alpha value is -1.39. The van der Waals surface area contributed by atoms with Crippen molar-refractivity contribution in [3.63, 3.8) is 0 Å². The van der Waals surface area contributed by atoms with Crippen molar-refractivity contribution in [2.75, 3.05) is 7.11 Å². The molecule has 0 heterocycles. The molecule has 5 nitrogen and oxygen atoms in total. The molecule has 0 aromatic carbocycles. The molecule has 0 aliphatic heterocycles. The first-order valence-electron chi connectivity index (χ1n) is 7.39. The van der Waals surface area contributed by atoms with Gasteiger partial charge in [0.05, 0.1) is 12.8 Å². The Morgan fingerprint density at radius 3 is 2.70 bits per heavy atom. The van der Waals surface area contributed by atoms with Crippen LogP contribution in [0.2, 0.25) is 0 Å². The quantitative estimate of drug-likeness (QED) is 0.312. The van der Waals surface area contributed by atoms with Gasteiger partial charge in [0.1, 0.15) is 0 Å². The summed E-state index contributed by atoms with van der Waals surface area (Å²) in [6.07, 6.45) is 6.56. The Bertz CT molecular complexity index is 365. The summed E-state index contributed by atoms with van der Waals surface area (Å²) in [5.41, 5.74) is 0.921. The number of esters is 1. The van der Waals surface area contributed by atoms with E-state index in [1.165, 1.54) is 20.5 Å². The fourth-order valence-corrected chi connectivity index (χ4v) is 2.79. The van der Waals surface area contributed by atoms with Crippen molar-refractivity contribution in [1.29, 1.82) is 0 Å². The Kier molecular flexibility index (Phi) is 7.26. The second-order valence-corrected chi connectivity index (χ2v) is 5.35. The third-order valence-electron chi connectivity index (χ3n) is 3.83. The second kappa shape index (κ2) is 8.72. The van der Waals surface area contributed by atoms with Gasteiger partial charge in [-0.3, -0.25) is 4.79 Å². The summed E-state index contributed by atoms with van der Waals surface area (Å²) in [5, 5.41) is 3.98. The average Bonchev–Trinajstić information content (AvgIpc) is 2.79. The fourth-order valence-electron chi connectivity index (χ4n) is 2.79. The Labute approximate surface area is 120 Å². The molecule has 0 saturated heterocycles. The molecule has 0 unspecified atom stereocenters. The highest BCUT2D eigenvalue weighted by Gasteiger charge is 2.34. The van der Waals surface area contributed by atoms with E-state index in [0.29, 0.717) is 6.42 Å². The first kappa shape index (κ1) is 16.7. The second-order valence-electron chi connectivity index (χ2n) is 5.35. The summed E-state index contributed by atoms with van der Waals surface area (Å²) in [4.78, 5) is 27.1. The van der Waals surface area contributed by atoms with E-state index < -0.39 is 5.97 Å². The van der Waals surface area contributed by atoms with Gasteiger partial charge in [-0.2, -0.15) is 0 Å². The summed E-state index contributed by atoms with van der Waals surface area (Å²) >= 11 is 0. The summed E-state index contributed by atoms with van der Waals surface area (Å²) in [6, 6.07) is 0. The highest BCUT2D eigenvalue weighted by atomic mass is 16.7.